The summed E-state index contributed by atoms with van der Waals surface area (Å²) < 4.78 is 0. The second-order valence-corrected chi connectivity index (χ2v) is 9.36. The molecule has 1 amide bonds. The Morgan fingerprint density at radius 3 is 2.33 bits per heavy atom. The van der Waals surface area contributed by atoms with E-state index in [2.05, 4.69) is 20.8 Å². The molecule has 3 nitrogen and oxygen atoms in total. The Labute approximate surface area is 200 Å². The Morgan fingerprint density at radius 1 is 1.00 bits per heavy atom. The standard InChI is InChI=1S/C28H35NO2.C2H6/c1-5-6-7-8-9-18-29-25-16-15-23(19-24(25)28(3,4)20-27(29)31)26(30)17-14-22-12-10-21(2)11-13-22;1-2/h10-17,19H,5-9,18,20H2,1-4H3;1-2H3/b17-14+;. The van der Waals surface area contributed by atoms with Crippen molar-refractivity contribution in [2.24, 2.45) is 0 Å². The minimum Gasteiger partial charge on any atom is -0.312 e. The maximum absolute atomic E-state index is 12.8. The van der Waals surface area contributed by atoms with E-state index in [1.54, 1.807) is 6.08 Å². The number of ketones is 1. The first-order valence-electron chi connectivity index (χ1n) is 12.6. The number of hydrogen-bond acceptors (Lipinski definition) is 2. The Hall–Kier alpha value is -2.68. The number of nitrogens with zero attached hydrogens (tertiary/aromatic N) is 1. The fraction of sp³-hybridized carbons (Fsp3) is 0.467. The second-order valence-electron chi connectivity index (χ2n) is 9.36. The van der Waals surface area contributed by atoms with Crippen LogP contribution in [-0.2, 0) is 10.2 Å². The molecule has 0 spiro atoms. The largest absolute Gasteiger partial charge is 0.312 e. The first kappa shape index (κ1) is 26.6. The van der Waals surface area contributed by atoms with Crippen LogP contribution in [0.3, 0.4) is 0 Å². The van der Waals surface area contributed by atoms with Gasteiger partial charge in [0.1, 0.15) is 0 Å². The van der Waals surface area contributed by atoms with Crippen molar-refractivity contribution in [3.8, 4) is 0 Å². The van der Waals surface area contributed by atoms with Gasteiger partial charge in [0.05, 0.1) is 0 Å². The average molecular weight is 448 g/mol. The van der Waals surface area contributed by atoms with E-state index < -0.39 is 0 Å². The van der Waals surface area contributed by atoms with Crippen molar-refractivity contribution in [3.63, 3.8) is 0 Å². The van der Waals surface area contributed by atoms with Crippen LogP contribution >= 0.6 is 0 Å². The molecule has 0 aromatic heterocycles. The fourth-order valence-corrected chi connectivity index (χ4v) is 4.23. The third-order valence-electron chi connectivity index (χ3n) is 6.18. The average Bonchev–Trinajstić information content (AvgIpc) is 2.81. The molecule has 3 heteroatoms. The lowest BCUT2D eigenvalue weighted by Crippen LogP contribution is -2.42. The maximum Gasteiger partial charge on any atom is 0.227 e. The number of rotatable bonds is 9. The van der Waals surface area contributed by atoms with Gasteiger partial charge in [0, 0.05) is 29.6 Å². The third-order valence-corrected chi connectivity index (χ3v) is 6.18. The Bertz CT molecular complexity index is 954. The number of carbonyl (C=O) groups is 2. The van der Waals surface area contributed by atoms with E-state index >= 15 is 0 Å². The van der Waals surface area contributed by atoms with Crippen LogP contribution in [0.1, 0.15) is 100 Å². The van der Waals surface area contributed by atoms with Gasteiger partial charge in [-0.2, -0.15) is 0 Å². The molecule has 0 unspecified atom stereocenters. The molecule has 2 aromatic rings. The van der Waals surface area contributed by atoms with E-state index in [4.69, 9.17) is 0 Å². The summed E-state index contributed by atoms with van der Waals surface area (Å²) in [7, 11) is 0. The molecule has 178 valence electrons. The smallest absolute Gasteiger partial charge is 0.227 e. The first-order chi connectivity index (χ1) is 15.8. The van der Waals surface area contributed by atoms with Crippen LogP contribution in [0.2, 0.25) is 0 Å². The van der Waals surface area contributed by atoms with Gasteiger partial charge in [0.25, 0.3) is 0 Å². The van der Waals surface area contributed by atoms with Crippen LogP contribution in [0.25, 0.3) is 6.08 Å². The highest BCUT2D eigenvalue weighted by Crippen LogP contribution is 2.41. The second kappa shape index (κ2) is 12.5. The van der Waals surface area contributed by atoms with E-state index in [1.807, 2.05) is 74.2 Å². The zero-order valence-corrected chi connectivity index (χ0v) is 21.4. The normalized spacial score (nSPS) is 14.6. The van der Waals surface area contributed by atoms with Crippen LogP contribution < -0.4 is 4.90 Å². The predicted molar refractivity (Wildman–Crippen MR) is 141 cm³/mol. The van der Waals surface area contributed by atoms with Crippen LogP contribution in [0.15, 0.2) is 48.5 Å². The van der Waals surface area contributed by atoms with Crippen LogP contribution in [0.4, 0.5) is 5.69 Å². The van der Waals surface area contributed by atoms with Gasteiger partial charge in [0.15, 0.2) is 5.78 Å². The van der Waals surface area contributed by atoms with Crippen molar-refractivity contribution >= 4 is 23.5 Å². The van der Waals surface area contributed by atoms with Crippen molar-refractivity contribution in [1.29, 1.82) is 0 Å². The lowest BCUT2D eigenvalue weighted by atomic mass is 9.76. The highest BCUT2D eigenvalue weighted by Gasteiger charge is 2.36. The number of benzene rings is 2. The molecular weight excluding hydrogens is 406 g/mol. The monoisotopic (exact) mass is 447 g/mol. The highest BCUT2D eigenvalue weighted by molar-refractivity contribution is 6.08. The van der Waals surface area contributed by atoms with Gasteiger partial charge in [-0.1, -0.05) is 96.2 Å². The van der Waals surface area contributed by atoms with Crippen molar-refractivity contribution in [1.82, 2.24) is 0 Å². The summed E-state index contributed by atoms with van der Waals surface area (Å²) in [6.07, 6.45) is 9.83. The summed E-state index contributed by atoms with van der Waals surface area (Å²) in [6, 6.07) is 13.9. The van der Waals surface area contributed by atoms with Gasteiger partial charge in [-0.3, -0.25) is 9.59 Å². The van der Waals surface area contributed by atoms with E-state index in [9.17, 15) is 9.59 Å². The van der Waals surface area contributed by atoms with Crippen LogP contribution in [0.5, 0.6) is 0 Å². The number of carbonyl (C=O) groups excluding carboxylic acids is 2. The molecule has 0 saturated carbocycles. The quantitative estimate of drug-likeness (QED) is 0.222. The summed E-state index contributed by atoms with van der Waals surface area (Å²) in [5.74, 6) is 0.175. The predicted octanol–water partition coefficient (Wildman–Crippen LogP) is 7.90. The summed E-state index contributed by atoms with van der Waals surface area (Å²) in [4.78, 5) is 27.6. The van der Waals surface area contributed by atoms with Crippen molar-refractivity contribution < 1.29 is 9.59 Å². The Kier molecular flexibility index (Phi) is 10.1. The number of hydrogen-bond donors (Lipinski definition) is 0. The molecule has 0 saturated heterocycles. The fourth-order valence-electron chi connectivity index (χ4n) is 4.23. The molecule has 0 bridgehead atoms. The Balaban J connectivity index is 0.00000187. The molecule has 0 radical (unpaired) electrons. The van der Waals surface area contributed by atoms with Gasteiger partial charge in [-0.25, -0.2) is 0 Å². The minimum absolute atomic E-state index is 0.0119. The third kappa shape index (κ3) is 7.15. The molecule has 2 aromatic carbocycles. The molecule has 0 aliphatic carbocycles. The van der Waals surface area contributed by atoms with Crippen molar-refractivity contribution in [3.05, 3.63) is 70.8 Å². The maximum atomic E-state index is 12.8. The molecule has 33 heavy (non-hydrogen) atoms. The van der Waals surface area contributed by atoms with Gasteiger partial charge in [-0.05, 0) is 48.7 Å². The number of amides is 1. The number of unbranched alkanes of at least 4 members (excludes halogenated alkanes) is 4. The lowest BCUT2D eigenvalue weighted by molar-refractivity contribution is -0.120. The number of anilines is 1. The van der Waals surface area contributed by atoms with Crippen LogP contribution in [0, 0.1) is 6.92 Å². The molecular formula is C30H41NO2. The van der Waals surface area contributed by atoms with Gasteiger partial charge in [0.2, 0.25) is 5.91 Å². The van der Waals surface area contributed by atoms with E-state index in [1.165, 1.54) is 24.8 Å². The van der Waals surface area contributed by atoms with Gasteiger partial charge >= 0.3 is 0 Å². The zero-order valence-electron chi connectivity index (χ0n) is 21.4. The lowest BCUT2D eigenvalue weighted by Gasteiger charge is -2.39. The summed E-state index contributed by atoms with van der Waals surface area (Å²) in [5, 5.41) is 0. The number of aryl methyl sites for hydroxylation is 1. The molecule has 0 atom stereocenters. The van der Waals surface area contributed by atoms with Crippen LogP contribution in [-0.4, -0.2) is 18.2 Å². The molecule has 1 heterocycles. The molecule has 0 fully saturated rings. The highest BCUT2D eigenvalue weighted by atomic mass is 16.2. The number of fused-ring (bicyclic) bond motifs is 1. The summed E-state index contributed by atoms with van der Waals surface area (Å²) in [6.45, 7) is 13.2. The Morgan fingerprint density at radius 2 is 1.67 bits per heavy atom. The topological polar surface area (TPSA) is 37.4 Å². The zero-order chi connectivity index (χ0) is 24.4. The van der Waals surface area contributed by atoms with Gasteiger partial charge in [-0.15, -0.1) is 0 Å². The molecule has 1 aliphatic heterocycles. The molecule has 1 aliphatic rings. The van der Waals surface area contributed by atoms with E-state index in [0.717, 1.165) is 36.2 Å². The van der Waals surface area contributed by atoms with Gasteiger partial charge < -0.3 is 4.90 Å². The molecule has 3 rings (SSSR count). The van der Waals surface area contributed by atoms with E-state index in [0.29, 0.717) is 12.0 Å². The van der Waals surface area contributed by atoms with E-state index in [-0.39, 0.29) is 17.1 Å². The summed E-state index contributed by atoms with van der Waals surface area (Å²) in [5.41, 5.74) is 4.67. The SMILES string of the molecule is CC.CCCCCCCN1C(=O)CC(C)(C)c2cc(C(=O)/C=C/c3ccc(C)cc3)ccc21. The summed E-state index contributed by atoms with van der Waals surface area (Å²) >= 11 is 0. The van der Waals surface area contributed by atoms with Crippen molar-refractivity contribution in [2.75, 3.05) is 11.4 Å². The molecule has 0 N–H and O–H groups in total. The van der Waals surface area contributed by atoms with Crippen molar-refractivity contribution in [2.45, 2.75) is 85.5 Å². The first-order valence-corrected chi connectivity index (χ1v) is 12.6. The minimum atomic E-state index is -0.276. The number of allylic oxidation sites excluding steroid dienone is 1.